The highest BCUT2D eigenvalue weighted by molar-refractivity contribution is 5.96. The summed E-state index contributed by atoms with van der Waals surface area (Å²) in [5, 5.41) is 14.7. The Balaban J connectivity index is 1.41. The third kappa shape index (κ3) is 4.59. The van der Waals surface area contributed by atoms with Gasteiger partial charge in [0.05, 0.1) is 11.7 Å². The Hall–Kier alpha value is -4.05. The summed E-state index contributed by atoms with van der Waals surface area (Å²) in [6.07, 6.45) is 6.08. The van der Waals surface area contributed by atoms with Crippen LogP contribution in [0.15, 0.2) is 36.8 Å². The molecule has 1 aliphatic heterocycles. The fourth-order valence-corrected chi connectivity index (χ4v) is 4.73. The van der Waals surface area contributed by atoms with Crippen LogP contribution in [-0.2, 0) is 11.3 Å². The van der Waals surface area contributed by atoms with Crippen molar-refractivity contribution in [2.75, 3.05) is 19.6 Å². The molecule has 0 radical (unpaired) electrons. The van der Waals surface area contributed by atoms with Crippen LogP contribution in [0, 0.1) is 6.92 Å². The molecule has 4 N–H and O–H groups in total. The van der Waals surface area contributed by atoms with E-state index in [1.165, 1.54) is 18.1 Å². The maximum Gasteiger partial charge on any atom is 0.272 e. The SMILES string of the molecule is CCNCc1cncc(-c2ccc3[nH]nc(-c4ncc(C(=O)N5CCC(NC(C)=O)C5)[nH]4)c3c2)c1C. The molecule has 1 atom stereocenters. The molecule has 4 heterocycles. The zero-order chi connectivity index (χ0) is 25.2. The van der Waals surface area contributed by atoms with Crippen molar-refractivity contribution in [3.63, 3.8) is 0 Å². The highest BCUT2D eigenvalue weighted by Crippen LogP contribution is 2.31. The number of carbonyl (C=O) groups excluding carboxylic acids is 2. The number of amides is 2. The molecule has 0 bridgehead atoms. The molecule has 4 aromatic rings. The number of imidazole rings is 1. The smallest absolute Gasteiger partial charge is 0.272 e. The lowest BCUT2D eigenvalue weighted by Crippen LogP contribution is -2.37. The molecule has 1 saturated heterocycles. The number of rotatable bonds is 7. The van der Waals surface area contributed by atoms with Gasteiger partial charge in [0.1, 0.15) is 11.4 Å². The van der Waals surface area contributed by atoms with Crippen molar-refractivity contribution in [2.24, 2.45) is 0 Å². The van der Waals surface area contributed by atoms with Crippen LogP contribution in [0.4, 0.5) is 0 Å². The summed E-state index contributed by atoms with van der Waals surface area (Å²) in [4.78, 5) is 38.1. The average molecular weight is 487 g/mol. The molecule has 3 aromatic heterocycles. The Bertz CT molecular complexity index is 1420. The van der Waals surface area contributed by atoms with E-state index in [0.29, 0.717) is 30.3 Å². The van der Waals surface area contributed by atoms with Crippen LogP contribution in [0.2, 0.25) is 0 Å². The van der Waals surface area contributed by atoms with Crippen molar-refractivity contribution in [1.82, 2.24) is 40.7 Å². The second-order valence-corrected chi connectivity index (χ2v) is 9.17. The number of nitrogens with one attached hydrogen (secondary N) is 4. The molecule has 1 fully saturated rings. The molecule has 5 rings (SSSR count). The Morgan fingerprint density at radius 3 is 2.89 bits per heavy atom. The number of aromatic amines is 2. The molecular formula is C26H30N8O2. The highest BCUT2D eigenvalue weighted by Gasteiger charge is 2.28. The molecule has 1 unspecified atom stereocenters. The summed E-state index contributed by atoms with van der Waals surface area (Å²) in [6.45, 7) is 8.44. The van der Waals surface area contributed by atoms with Gasteiger partial charge in [0.25, 0.3) is 5.91 Å². The zero-order valence-electron chi connectivity index (χ0n) is 20.7. The number of likely N-dealkylation sites (tertiary alicyclic amines) is 1. The molecule has 2 amide bonds. The molecule has 10 heteroatoms. The first-order valence-corrected chi connectivity index (χ1v) is 12.2. The van der Waals surface area contributed by atoms with E-state index in [-0.39, 0.29) is 17.9 Å². The van der Waals surface area contributed by atoms with E-state index < -0.39 is 0 Å². The number of nitrogens with zero attached hydrogens (tertiary/aromatic N) is 4. The van der Waals surface area contributed by atoms with Gasteiger partial charge in [-0.2, -0.15) is 5.10 Å². The van der Waals surface area contributed by atoms with Crippen molar-refractivity contribution in [1.29, 1.82) is 0 Å². The van der Waals surface area contributed by atoms with E-state index in [0.717, 1.165) is 41.5 Å². The van der Waals surface area contributed by atoms with Gasteiger partial charge in [0, 0.05) is 55.9 Å². The second-order valence-electron chi connectivity index (χ2n) is 9.17. The van der Waals surface area contributed by atoms with E-state index in [1.807, 2.05) is 18.5 Å². The standard InChI is InChI=1S/C26H30N8O2/c1-4-27-10-18-11-28-12-21(15(18)2)17-5-6-22-20(9-17)24(33-32-22)25-29-13-23(31-25)26(36)34-8-7-19(14-34)30-16(3)35/h5-6,9,11-13,19,27H,4,7-8,10,14H2,1-3H3,(H,29,31)(H,30,35)(H,32,33). The summed E-state index contributed by atoms with van der Waals surface area (Å²) in [6, 6.07) is 6.12. The third-order valence-corrected chi connectivity index (χ3v) is 6.67. The largest absolute Gasteiger partial charge is 0.352 e. The number of hydrogen-bond donors (Lipinski definition) is 4. The zero-order valence-corrected chi connectivity index (χ0v) is 20.7. The summed E-state index contributed by atoms with van der Waals surface area (Å²) in [5.74, 6) is 0.301. The topological polar surface area (TPSA) is 132 Å². The monoisotopic (exact) mass is 486 g/mol. The number of aromatic nitrogens is 5. The van der Waals surface area contributed by atoms with Crippen LogP contribution in [0.25, 0.3) is 33.5 Å². The van der Waals surface area contributed by atoms with Crippen LogP contribution in [0.5, 0.6) is 0 Å². The van der Waals surface area contributed by atoms with Gasteiger partial charge in [-0.1, -0.05) is 13.0 Å². The van der Waals surface area contributed by atoms with Gasteiger partial charge in [0.15, 0.2) is 5.82 Å². The molecule has 1 aliphatic rings. The quantitative estimate of drug-likeness (QED) is 0.318. The number of carbonyl (C=O) groups is 2. The second kappa shape index (κ2) is 9.90. The number of hydrogen-bond acceptors (Lipinski definition) is 6. The van der Waals surface area contributed by atoms with E-state index in [1.54, 1.807) is 11.1 Å². The lowest BCUT2D eigenvalue weighted by Gasteiger charge is -2.15. The van der Waals surface area contributed by atoms with E-state index in [4.69, 9.17) is 0 Å². The van der Waals surface area contributed by atoms with Crippen LogP contribution in [0.1, 0.15) is 41.9 Å². The summed E-state index contributed by atoms with van der Waals surface area (Å²) in [5.41, 5.74) is 6.39. The molecule has 36 heavy (non-hydrogen) atoms. The maximum atomic E-state index is 13.0. The van der Waals surface area contributed by atoms with Crippen molar-refractivity contribution < 1.29 is 9.59 Å². The molecular weight excluding hydrogens is 456 g/mol. The fourth-order valence-electron chi connectivity index (χ4n) is 4.73. The maximum absolute atomic E-state index is 13.0. The van der Waals surface area contributed by atoms with Gasteiger partial charge >= 0.3 is 0 Å². The third-order valence-electron chi connectivity index (χ3n) is 6.67. The molecule has 0 aliphatic carbocycles. The minimum absolute atomic E-state index is 0.0169. The minimum atomic E-state index is -0.138. The van der Waals surface area contributed by atoms with Crippen LogP contribution in [0.3, 0.4) is 0 Å². The number of fused-ring (bicyclic) bond motifs is 1. The lowest BCUT2D eigenvalue weighted by molar-refractivity contribution is -0.119. The molecule has 0 spiro atoms. The Morgan fingerprint density at radius 1 is 1.22 bits per heavy atom. The van der Waals surface area contributed by atoms with Crippen molar-refractivity contribution >= 4 is 22.7 Å². The lowest BCUT2D eigenvalue weighted by atomic mass is 9.98. The Labute approximate surface area is 208 Å². The summed E-state index contributed by atoms with van der Waals surface area (Å²) in [7, 11) is 0. The van der Waals surface area contributed by atoms with Crippen LogP contribution in [-0.4, -0.2) is 67.5 Å². The molecule has 10 nitrogen and oxygen atoms in total. The Morgan fingerprint density at radius 2 is 2.08 bits per heavy atom. The first kappa shape index (κ1) is 23.7. The van der Waals surface area contributed by atoms with Crippen molar-refractivity contribution in [3.05, 3.63) is 53.6 Å². The predicted octanol–water partition coefficient (Wildman–Crippen LogP) is 2.78. The van der Waals surface area contributed by atoms with E-state index in [9.17, 15) is 9.59 Å². The van der Waals surface area contributed by atoms with Gasteiger partial charge in [-0.3, -0.25) is 19.7 Å². The predicted molar refractivity (Wildman–Crippen MR) is 137 cm³/mol. The summed E-state index contributed by atoms with van der Waals surface area (Å²) < 4.78 is 0. The molecule has 1 aromatic carbocycles. The van der Waals surface area contributed by atoms with E-state index in [2.05, 4.69) is 61.8 Å². The van der Waals surface area contributed by atoms with Crippen molar-refractivity contribution in [2.45, 2.75) is 39.8 Å². The number of benzene rings is 1. The minimum Gasteiger partial charge on any atom is -0.352 e. The van der Waals surface area contributed by atoms with Crippen molar-refractivity contribution in [3.8, 4) is 22.6 Å². The molecule has 186 valence electrons. The van der Waals surface area contributed by atoms with Gasteiger partial charge in [-0.15, -0.1) is 0 Å². The number of pyridine rings is 1. The Kier molecular flexibility index (Phi) is 6.51. The van der Waals surface area contributed by atoms with Gasteiger partial charge in [-0.25, -0.2) is 4.98 Å². The molecule has 0 saturated carbocycles. The van der Waals surface area contributed by atoms with Gasteiger partial charge in [0.2, 0.25) is 5.91 Å². The average Bonchev–Trinajstić information content (AvgIpc) is 3.62. The fraction of sp³-hybridized carbons (Fsp3) is 0.346. The van der Waals surface area contributed by atoms with E-state index >= 15 is 0 Å². The normalized spacial score (nSPS) is 15.5. The van der Waals surface area contributed by atoms with Gasteiger partial charge in [-0.05, 0) is 48.7 Å². The van der Waals surface area contributed by atoms with Gasteiger partial charge < -0.3 is 20.5 Å². The highest BCUT2D eigenvalue weighted by atomic mass is 16.2. The first-order valence-electron chi connectivity index (χ1n) is 12.2. The van der Waals surface area contributed by atoms with Crippen LogP contribution < -0.4 is 10.6 Å². The number of H-pyrrole nitrogens is 2. The van der Waals surface area contributed by atoms with Crippen LogP contribution >= 0.6 is 0 Å². The first-order chi connectivity index (χ1) is 17.4. The summed E-state index contributed by atoms with van der Waals surface area (Å²) >= 11 is 0.